The summed E-state index contributed by atoms with van der Waals surface area (Å²) in [6, 6.07) is 17.8. The number of nitrogens with zero attached hydrogens (tertiary/aromatic N) is 2. The first-order chi connectivity index (χ1) is 17.5. The maximum absolute atomic E-state index is 14.5. The Hall–Kier alpha value is -3.67. The van der Waals surface area contributed by atoms with E-state index in [9.17, 15) is 8.42 Å². The van der Waals surface area contributed by atoms with Gasteiger partial charge < -0.3 is 32.7 Å². The first kappa shape index (κ1) is 23.7. The Morgan fingerprint density at radius 2 is 0.946 bits per heavy atom. The predicted octanol–water partition coefficient (Wildman–Crippen LogP) is 5.31. The topological polar surface area (TPSA) is 145 Å². The molecule has 4 aromatic carbocycles. The SMILES string of the molecule is CN1c2ccc(N)cc2Sc2cc(N)cc(S(=O)(=O)c3cc(N)cc4c3N(C)c3ccc(N)cc3S4)c21. The van der Waals surface area contributed by atoms with Crippen molar-refractivity contribution in [2.45, 2.75) is 29.4 Å². The van der Waals surface area contributed by atoms with Crippen LogP contribution in [0.25, 0.3) is 0 Å². The molecule has 188 valence electrons. The lowest BCUT2D eigenvalue weighted by Crippen LogP contribution is -2.22. The van der Waals surface area contributed by atoms with E-state index in [0.717, 1.165) is 31.0 Å². The van der Waals surface area contributed by atoms with Crippen LogP contribution in [-0.2, 0) is 9.84 Å². The van der Waals surface area contributed by atoms with Gasteiger partial charge in [0.25, 0.3) is 0 Å². The van der Waals surface area contributed by atoms with E-state index in [0.29, 0.717) is 34.1 Å². The summed E-state index contributed by atoms with van der Waals surface area (Å²) >= 11 is 2.89. The molecule has 0 saturated carbocycles. The highest BCUT2D eigenvalue weighted by Gasteiger charge is 2.35. The van der Waals surface area contributed by atoms with Gasteiger partial charge in [0, 0.05) is 56.4 Å². The molecule has 6 rings (SSSR count). The monoisotopic (exact) mass is 548 g/mol. The second kappa shape index (κ2) is 8.17. The van der Waals surface area contributed by atoms with Crippen molar-refractivity contribution in [3.8, 4) is 0 Å². The number of fused-ring (bicyclic) bond motifs is 4. The molecule has 0 aromatic heterocycles. The molecule has 0 aliphatic carbocycles. The zero-order valence-corrected chi connectivity index (χ0v) is 22.5. The van der Waals surface area contributed by atoms with Crippen molar-refractivity contribution in [1.29, 1.82) is 0 Å². The van der Waals surface area contributed by atoms with Crippen LogP contribution in [-0.4, -0.2) is 22.5 Å². The third kappa shape index (κ3) is 3.64. The molecule has 11 heteroatoms. The first-order valence-electron chi connectivity index (χ1n) is 11.3. The summed E-state index contributed by atoms with van der Waals surface area (Å²) in [5, 5.41) is 0. The molecule has 37 heavy (non-hydrogen) atoms. The summed E-state index contributed by atoms with van der Waals surface area (Å²) < 4.78 is 29.0. The van der Waals surface area contributed by atoms with Crippen LogP contribution in [0.2, 0.25) is 0 Å². The minimum absolute atomic E-state index is 0.120. The van der Waals surface area contributed by atoms with Crippen LogP contribution in [0.5, 0.6) is 0 Å². The van der Waals surface area contributed by atoms with Crippen LogP contribution in [0.1, 0.15) is 0 Å². The second-order valence-electron chi connectivity index (χ2n) is 9.01. The van der Waals surface area contributed by atoms with Crippen molar-refractivity contribution in [2.75, 3.05) is 46.8 Å². The molecule has 2 aliphatic rings. The molecule has 2 heterocycles. The zero-order valence-electron chi connectivity index (χ0n) is 20.0. The highest BCUT2D eigenvalue weighted by Crippen LogP contribution is 2.55. The fraction of sp³-hybridized carbons (Fsp3) is 0.0769. The normalized spacial score (nSPS) is 14.0. The summed E-state index contributed by atoms with van der Waals surface area (Å²) in [4.78, 5) is 7.32. The van der Waals surface area contributed by atoms with Crippen molar-refractivity contribution in [1.82, 2.24) is 0 Å². The van der Waals surface area contributed by atoms with E-state index < -0.39 is 9.84 Å². The largest absolute Gasteiger partial charge is 0.399 e. The van der Waals surface area contributed by atoms with E-state index in [1.165, 1.54) is 35.7 Å². The van der Waals surface area contributed by atoms with Gasteiger partial charge in [-0.1, -0.05) is 23.5 Å². The minimum atomic E-state index is -4.07. The highest BCUT2D eigenvalue weighted by atomic mass is 32.2. The molecule has 0 amide bonds. The number of anilines is 8. The maximum atomic E-state index is 14.5. The van der Waals surface area contributed by atoms with E-state index in [2.05, 4.69) is 0 Å². The van der Waals surface area contributed by atoms with E-state index >= 15 is 0 Å². The Bertz CT molecular complexity index is 1620. The van der Waals surface area contributed by atoms with E-state index in [1.807, 2.05) is 48.2 Å². The van der Waals surface area contributed by atoms with E-state index in [4.69, 9.17) is 22.9 Å². The lowest BCUT2D eigenvalue weighted by atomic mass is 10.2. The first-order valence-corrected chi connectivity index (χ1v) is 14.4. The average Bonchev–Trinajstić information content (AvgIpc) is 2.82. The van der Waals surface area contributed by atoms with Gasteiger partial charge in [0.1, 0.15) is 0 Å². The van der Waals surface area contributed by atoms with Gasteiger partial charge in [-0.15, -0.1) is 0 Å². The van der Waals surface area contributed by atoms with Gasteiger partial charge in [-0.05, 0) is 60.7 Å². The number of sulfone groups is 1. The van der Waals surface area contributed by atoms with Gasteiger partial charge in [0.15, 0.2) is 0 Å². The molecule has 0 unspecified atom stereocenters. The number of hydrogen-bond acceptors (Lipinski definition) is 10. The van der Waals surface area contributed by atoms with Crippen LogP contribution in [0.3, 0.4) is 0 Å². The van der Waals surface area contributed by atoms with Crippen molar-refractivity contribution in [3.05, 3.63) is 60.7 Å². The summed E-state index contributed by atoms with van der Waals surface area (Å²) in [5.41, 5.74) is 29.3. The molecule has 0 fully saturated rings. The smallest absolute Gasteiger partial charge is 0.210 e. The summed E-state index contributed by atoms with van der Waals surface area (Å²) in [7, 11) is -0.379. The molecule has 8 N–H and O–H groups in total. The number of nitrogens with two attached hydrogens (primary N) is 4. The lowest BCUT2D eigenvalue weighted by molar-refractivity contribution is 0.595. The molecular weight excluding hydrogens is 525 g/mol. The molecule has 2 aliphatic heterocycles. The fourth-order valence-corrected chi connectivity index (χ4v) is 9.32. The molecule has 4 aromatic rings. The maximum Gasteiger partial charge on any atom is 0.210 e. The fourth-order valence-electron chi connectivity index (χ4n) is 4.81. The third-order valence-electron chi connectivity index (χ3n) is 6.50. The number of hydrogen-bond donors (Lipinski definition) is 4. The quantitative estimate of drug-likeness (QED) is 0.243. The van der Waals surface area contributed by atoms with Crippen molar-refractivity contribution in [3.63, 3.8) is 0 Å². The summed E-state index contributed by atoms with van der Waals surface area (Å²) in [6.07, 6.45) is 0. The van der Waals surface area contributed by atoms with Crippen LogP contribution in [0.4, 0.5) is 45.5 Å². The number of nitrogen functional groups attached to an aromatic ring is 4. The van der Waals surface area contributed by atoms with E-state index in [-0.39, 0.29) is 9.79 Å². The predicted molar refractivity (Wildman–Crippen MR) is 153 cm³/mol. The van der Waals surface area contributed by atoms with Crippen LogP contribution < -0.4 is 32.7 Å². The molecule has 0 atom stereocenters. The molecule has 0 bridgehead atoms. The van der Waals surface area contributed by atoms with E-state index in [1.54, 1.807) is 24.3 Å². The molecule has 0 radical (unpaired) electrons. The summed E-state index contributed by atoms with van der Waals surface area (Å²) in [6.45, 7) is 0. The minimum Gasteiger partial charge on any atom is -0.399 e. The van der Waals surface area contributed by atoms with Gasteiger partial charge in [-0.3, -0.25) is 0 Å². The van der Waals surface area contributed by atoms with Crippen molar-refractivity contribution < 1.29 is 8.42 Å². The molecule has 0 saturated heterocycles. The van der Waals surface area contributed by atoms with Gasteiger partial charge in [0.2, 0.25) is 9.84 Å². The Morgan fingerprint density at radius 1 is 0.568 bits per heavy atom. The van der Waals surface area contributed by atoms with Crippen molar-refractivity contribution >= 4 is 78.9 Å². The second-order valence-corrected chi connectivity index (χ2v) is 13.1. The van der Waals surface area contributed by atoms with Gasteiger partial charge in [-0.2, -0.15) is 0 Å². The van der Waals surface area contributed by atoms with Gasteiger partial charge in [0.05, 0.1) is 32.5 Å². The standard InChI is InChI=1S/C26H24N6O2S3/c1-31-17-5-3-13(27)7-19(17)35-21-9-15(29)11-23(25(21)31)37(33,34)24-12-16(30)10-22-26(24)32(2)18-6-4-14(28)8-20(18)36-22/h3-12H,27-30H2,1-2H3. The number of benzene rings is 4. The Balaban J connectivity index is 1.57. The lowest BCUT2D eigenvalue weighted by Gasteiger charge is -2.33. The molecular formula is C26H24N6O2S3. The highest BCUT2D eigenvalue weighted by molar-refractivity contribution is 8.00. The van der Waals surface area contributed by atoms with Gasteiger partial charge >= 0.3 is 0 Å². The Labute approximate surface area is 223 Å². The molecule has 8 nitrogen and oxygen atoms in total. The number of rotatable bonds is 2. The van der Waals surface area contributed by atoms with Crippen LogP contribution in [0.15, 0.2) is 90.0 Å². The van der Waals surface area contributed by atoms with Crippen LogP contribution >= 0.6 is 23.5 Å². The Morgan fingerprint density at radius 3 is 1.35 bits per heavy atom. The summed E-state index contributed by atoms with van der Waals surface area (Å²) in [5.74, 6) is 0. The van der Waals surface area contributed by atoms with Crippen LogP contribution in [0, 0.1) is 0 Å². The molecule has 0 spiro atoms. The average molecular weight is 549 g/mol. The third-order valence-corrected chi connectivity index (χ3v) is 10.4. The Kier molecular flexibility index (Phi) is 5.23. The van der Waals surface area contributed by atoms with Gasteiger partial charge in [-0.25, -0.2) is 8.42 Å². The van der Waals surface area contributed by atoms with Crippen molar-refractivity contribution in [2.24, 2.45) is 0 Å². The zero-order chi connectivity index (χ0) is 26.2.